The third-order valence-corrected chi connectivity index (χ3v) is 3.05. The van der Waals surface area contributed by atoms with Gasteiger partial charge < -0.3 is 4.74 Å². The molecule has 1 unspecified atom stereocenters. The van der Waals surface area contributed by atoms with Gasteiger partial charge in [-0.1, -0.05) is 6.92 Å². The van der Waals surface area contributed by atoms with Crippen LogP contribution in [0.3, 0.4) is 0 Å². The summed E-state index contributed by atoms with van der Waals surface area (Å²) in [6.45, 7) is 3.06. The number of rotatable bonds is 6. The summed E-state index contributed by atoms with van der Waals surface area (Å²) in [6.07, 6.45) is 0.238. The monoisotopic (exact) mass is 237 g/mol. The SMILES string of the molecule is CCC(=O)C(C)NS(=O)(=O)CC(=O)OC. The topological polar surface area (TPSA) is 89.5 Å². The van der Waals surface area contributed by atoms with Crippen LogP contribution in [0, 0.1) is 0 Å². The first-order chi connectivity index (χ1) is 6.82. The molecule has 0 rings (SSSR count). The molecule has 6 nitrogen and oxygen atoms in total. The predicted octanol–water partition coefficient (Wildman–Crippen LogP) is -0.554. The minimum Gasteiger partial charge on any atom is -0.468 e. The number of carbonyl (C=O) groups is 2. The normalized spacial score (nSPS) is 13.3. The van der Waals surface area contributed by atoms with E-state index in [0.717, 1.165) is 7.11 Å². The summed E-state index contributed by atoms with van der Waals surface area (Å²) in [7, 11) is -2.70. The van der Waals surface area contributed by atoms with Crippen LogP contribution in [0.5, 0.6) is 0 Å². The lowest BCUT2D eigenvalue weighted by Crippen LogP contribution is -2.41. The molecule has 0 aliphatic heterocycles. The highest BCUT2D eigenvalue weighted by molar-refractivity contribution is 7.90. The Bertz CT molecular complexity index is 335. The van der Waals surface area contributed by atoms with Crippen LogP contribution in [-0.2, 0) is 24.3 Å². The molecular weight excluding hydrogens is 222 g/mol. The molecule has 0 aliphatic carbocycles. The van der Waals surface area contributed by atoms with E-state index in [1.807, 2.05) is 0 Å². The highest BCUT2D eigenvalue weighted by Crippen LogP contribution is 1.95. The maximum Gasteiger partial charge on any atom is 0.322 e. The van der Waals surface area contributed by atoms with E-state index in [9.17, 15) is 18.0 Å². The van der Waals surface area contributed by atoms with Crippen LogP contribution in [-0.4, -0.2) is 39.1 Å². The van der Waals surface area contributed by atoms with Crippen LogP contribution in [0.4, 0.5) is 0 Å². The van der Waals surface area contributed by atoms with E-state index in [2.05, 4.69) is 9.46 Å². The first-order valence-corrected chi connectivity index (χ1v) is 6.07. The van der Waals surface area contributed by atoms with Gasteiger partial charge in [0.25, 0.3) is 0 Å². The van der Waals surface area contributed by atoms with Crippen molar-refractivity contribution < 1.29 is 22.7 Å². The highest BCUT2D eigenvalue weighted by Gasteiger charge is 2.22. The summed E-state index contributed by atoms with van der Waals surface area (Å²) in [5, 5.41) is 0. The molecule has 0 aromatic carbocycles. The Kier molecular flexibility index (Phi) is 5.45. The van der Waals surface area contributed by atoms with Gasteiger partial charge in [-0.25, -0.2) is 13.1 Å². The third-order valence-electron chi connectivity index (χ3n) is 1.72. The van der Waals surface area contributed by atoms with Crippen molar-refractivity contribution in [2.75, 3.05) is 12.9 Å². The summed E-state index contributed by atoms with van der Waals surface area (Å²) >= 11 is 0. The number of nitrogens with one attached hydrogen (secondary N) is 1. The van der Waals surface area contributed by atoms with Crippen LogP contribution >= 0.6 is 0 Å². The number of carbonyl (C=O) groups excluding carboxylic acids is 2. The summed E-state index contributed by atoms with van der Waals surface area (Å²) in [4.78, 5) is 21.8. The second-order valence-corrected chi connectivity index (χ2v) is 4.75. The van der Waals surface area contributed by atoms with Crippen molar-refractivity contribution >= 4 is 21.8 Å². The van der Waals surface area contributed by atoms with Gasteiger partial charge in [-0.3, -0.25) is 9.59 Å². The van der Waals surface area contributed by atoms with Gasteiger partial charge >= 0.3 is 5.97 Å². The second-order valence-electron chi connectivity index (χ2n) is 2.99. The maximum absolute atomic E-state index is 11.3. The molecule has 0 fully saturated rings. The Hall–Kier alpha value is -0.950. The molecule has 0 saturated carbocycles. The molecule has 0 aliphatic rings. The van der Waals surface area contributed by atoms with E-state index in [1.54, 1.807) is 6.92 Å². The molecule has 1 atom stereocenters. The average Bonchev–Trinajstić information content (AvgIpc) is 2.14. The van der Waals surface area contributed by atoms with Crippen molar-refractivity contribution in [3.05, 3.63) is 0 Å². The minimum atomic E-state index is -3.79. The van der Waals surface area contributed by atoms with Crippen molar-refractivity contribution in [2.45, 2.75) is 26.3 Å². The molecule has 7 heteroatoms. The first kappa shape index (κ1) is 14.1. The quantitative estimate of drug-likeness (QED) is 0.626. The Morgan fingerprint density at radius 3 is 2.33 bits per heavy atom. The van der Waals surface area contributed by atoms with Gasteiger partial charge in [-0.2, -0.15) is 0 Å². The largest absolute Gasteiger partial charge is 0.468 e. The lowest BCUT2D eigenvalue weighted by atomic mass is 10.2. The smallest absolute Gasteiger partial charge is 0.322 e. The van der Waals surface area contributed by atoms with Crippen molar-refractivity contribution in [2.24, 2.45) is 0 Å². The molecule has 0 spiro atoms. The van der Waals surface area contributed by atoms with E-state index >= 15 is 0 Å². The van der Waals surface area contributed by atoms with E-state index in [1.165, 1.54) is 6.92 Å². The number of ether oxygens (including phenoxy) is 1. The molecular formula is C8H15NO5S. The zero-order valence-electron chi connectivity index (χ0n) is 8.94. The van der Waals surface area contributed by atoms with Crippen molar-refractivity contribution in [1.29, 1.82) is 0 Å². The van der Waals surface area contributed by atoms with Crippen LogP contribution in [0.1, 0.15) is 20.3 Å². The second kappa shape index (κ2) is 5.82. The zero-order chi connectivity index (χ0) is 12.1. The molecule has 1 N–H and O–H groups in total. The number of Topliss-reactive ketones (excluding diaryl/α,β-unsaturated/α-hetero) is 1. The molecule has 0 radical (unpaired) electrons. The fraction of sp³-hybridized carbons (Fsp3) is 0.750. The molecule has 0 aromatic rings. The number of hydrogen-bond donors (Lipinski definition) is 1. The third kappa shape index (κ3) is 5.48. The fourth-order valence-electron chi connectivity index (χ4n) is 0.897. The lowest BCUT2D eigenvalue weighted by Gasteiger charge is -2.11. The Labute approximate surface area is 89.0 Å². The Morgan fingerprint density at radius 1 is 1.40 bits per heavy atom. The Morgan fingerprint density at radius 2 is 1.93 bits per heavy atom. The number of esters is 1. The number of hydrogen-bond acceptors (Lipinski definition) is 5. The van der Waals surface area contributed by atoms with Gasteiger partial charge in [0.05, 0.1) is 13.2 Å². The molecule has 0 amide bonds. The number of methoxy groups -OCH3 is 1. The molecule has 15 heavy (non-hydrogen) atoms. The molecule has 0 heterocycles. The van der Waals surface area contributed by atoms with E-state index in [0.29, 0.717) is 0 Å². The van der Waals surface area contributed by atoms with E-state index in [-0.39, 0.29) is 12.2 Å². The van der Waals surface area contributed by atoms with Gasteiger partial charge in [0.15, 0.2) is 5.75 Å². The van der Waals surface area contributed by atoms with Crippen LogP contribution in [0.15, 0.2) is 0 Å². The van der Waals surface area contributed by atoms with Gasteiger partial charge in [0, 0.05) is 6.42 Å². The molecule has 0 saturated heterocycles. The summed E-state index contributed by atoms with van der Waals surface area (Å²) < 4.78 is 28.8. The van der Waals surface area contributed by atoms with E-state index < -0.39 is 27.8 Å². The summed E-state index contributed by atoms with van der Waals surface area (Å²) in [5.74, 6) is -1.87. The van der Waals surface area contributed by atoms with E-state index in [4.69, 9.17) is 0 Å². The van der Waals surface area contributed by atoms with Crippen molar-refractivity contribution in [3.63, 3.8) is 0 Å². The van der Waals surface area contributed by atoms with Crippen molar-refractivity contribution in [3.8, 4) is 0 Å². The summed E-state index contributed by atoms with van der Waals surface area (Å²) in [5.41, 5.74) is 0. The van der Waals surface area contributed by atoms with Gasteiger partial charge in [-0.05, 0) is 6.92 Å². The fourth-order valence-corrected chi connectivity index (χ4v) is 2.08. The van der Waals surface area contributed by atoms with Gasteiger partial charge in [0.2, 0.25) is 10.0 Å². The molecule has 0 aromatic heterocycles. The van der Waals surface area contributed by atoms with Crippen LogP contribution in [0.2, 0.25) is 0 Å². The summed E-state index contributed by atoms with van der Waals surface area (Å²) in [6, 6.07) is -0.815. The first-order valence-electron chi connectivity index (χ1n) is 4.42. The maximum atomic E-state index is 11.3. The van der Waals surface area contributed by atoms with Crippen LogP contribution < -0.4 is 4.72 Å². The van der Waals surface area contributed by atoms with Crippen molar-refractivity contribution in [1.82, 2.24) is 4.72 Å². The molecule has 0 bridgehead atoms. The number of ketones is 1. The van der Waals surface area contributed by atoms with Gasteiger partial charge in [-0.15, -0.1) is 0 Å². The molecule has 88 valence electrons. The average molecular weight is 237 g/mol. The predicted molar refractivity (Wildman–Crippen MR) is 53.7 cm³/mol. The minimum absolute atomic E-state index is 0.233. The Balaban J connectivity index is 4.39. The highest BCUT2D eigenvalue weighted by atomic mass is 32.2. The lowest BCUT2D eigenvalue weighted by molar-refractivity contribution is -0.137. The van der Waals surface area contributed by atoms with Crippen LogP contribution in [0.25, 0.3) is 0 Å². The number of sulfonamides is 1. The standard InChI is InChI=1S/C8H15NO5S/c1-4-7(10)6(2)9-15(12,13)5-8(11)14-3/h6,9H,4-5H2,1-3H3. The zero-order valence-corrected chi connectivity index (χ0v) is 9.76. The van der Waals surface area contributed by atoms with Gasteiger partial charge in [0.1, 0.15) is 5.78 Å².